The smallest absolute Gasteiger partial charge is 0.175 e. The highest BCUT2D eigenvalue weighted by Gasteiger charge is 2.31. The predicted molar refractivity (Wildman–Crippen MR) is 90.7 cm³/mol. The summed E-state index contributed by atoms with van der Waals surface area (Å²) in [5.41, 5.74) is 2.83. The van der Waals surface area contributed by atoms with Crippen molar-refractivity contribution >= 4 is 26.7 Å². The Labute approximate surface area is 142 Å². The highest BCUT2D eigenvalue weighted by atomic mass is 32.2. The van der Waals surface area contributed by atoms with Crippen LogP contribution in [0, 0.1) is 5.92 Å². The molecular formula is C18H22NO4S-. The first-order valence-electron chi connectivity index (χ1n) is 8.19. The van der Waals surface area contributed by atoms with E-state index in [9.17, 15) is 18.3 Å². The first-order chi connectivity index (χ1) is 11.1. The summed E-state index contributed by atoms with van der Waals surface area (Å²) in [5, 5.41) is 12.3. The van der Waals surface area contributed by atoms with E-state index in [1.54, 1.807) is 19.1 Å². The summed E-state index contributed by atoms with van der Waals surface area (Å²) >= 11 is 0. The van der Waals surface area contributed by atoms with Crippen molar-refractivity contribution in [3.63, 3.8) is 0 Å². The van der Waals surface area contributed by atoms with Crippen LogP contribution in [0.15, 0.2) is 23.1 Å². The summed E-state index contributed by atoms with van der Waals surface area (Å²) in [6.45, 7) is 6.44. The molecular weight excluding hydrogens is 326 g/mol. The van der Waals surface area contributed by atoms with E-state index in [0.717, 1.165) is 28.6 Å². The standard InChI is InChI=1S/C18H23NO4S/c1-10(2)14-7-12(24(4,22)23)8-16-15(14)9-17-13(5-6-19(16)17)11(3)18(20)21/h7-11,13H,5-6H2,1-4H3,(H,20,21)/p-1. The molecule has 0 aliphatic carbocycles. The lowest BCUT2D eigenvalue weighted by atomic mass is 9.89. The molecule has 0 saturated carbocycles. The van der Waals surface area contributed by atoms with Crippen LogP contribution in [0.25, 0.3) is 10.9 Å². The van der Waals surface area contributed by atoms with Gasteiger partial charge >= 0.3 is 0 Å². The summed E-state index contributed by atoms with van der Waals surface area (Å²) < 4.78 is 26.1. The van der Waals surface area contributed by atoms with Crippen molar-refractivity contribution in [2.45, 2.75) is 50.5 Å². The third-order valence-corrected chi connectivity index (χ3v) is 6.22. The Morgan fingerprint density at radius 1 is 1.25 bits per heavy atom. The minimum atomic E-state index is -3.31. The Hall–Kier alpha value is -1.82. The third-order valence-electron chi connectivity index (χ3n) is 5.13. The monoisotopic (exact) mass is 348 g/mol. The molecule has 24 heavy (non-hydrogen) atoms. The van der Waals surface area contributed by atoms with Gasteiger partial charge in [0.2, 0.25) is 0 Å². The predicted octanol–water partition coefficient (Wildman–Crippen LogP) is 2.04. The van der Waals surface area contributed by atoms with Gasteiger partial charge in [-0.15, -0.1) is 0 Å². The molecule has 6 heteroatoms. The van der Waals surface area contributed by atoms with E-state index in [4.69, 9.17) is 0 Å². The van der Waals surface area contributed by atoms with E-state index in [1.807, 2.05) is 19.9 Å². The van der Waals surface area contributed by atoms with Crippen molar-refractivity contribution in [2.24, 2.45) is 5.92 Å². The Kier molecular flexibility index (Phi) is 3.98. The maximum atomic E-state index is 12.0. The number of carbonyl (C=O) groups is 1. The number of aryl methyl sites for hydroxylation is 1. The number of benzene rings is 1. The van der Waals surface area contributed by atoms with Gasteiger partial charge in [-0.1, -0.05) is 20.8 Å². The van der Waals surface area contributed by atoms with Crippen molar-refractivity contribution in [2.75, 3.05) is 6.26 Å². The number of hydrogen-bond donors (Lipinski definition) is 0. The molecule has 0 N–H and O–H groups in total. The minimum absolute atomic E-state index is 0.0934. The van der Waals surface area contributed by atoms with Crippen molar-refractivity contribution in [3.05, 3.63) is 29.5 Å². The Bertz CT molecular complexity index is 924. The zero-order valence-corrected chi connectivity index (χ0v) is 15.2. The van der Waals surface area contributed by atoms with Crippen LogP contribution in [-0.4, -0.2) is 25.2 Å². The van der Waals surface area contributed by atoms with Gasteiger partial charge in [0, 0.05) is 47.2 Å². The van der Waals surface area contributed by atoms with E-state index in [2.05, 4.69) is 4.57 Å². The van der Waals surface area contributed by atoms with Crippen LogP contribution in [0.3, 0.4) is 0 Å². The molecule has 1 aliphatic heterocycles. The third kappa shape index (κ3) is 2.62. The molecule has 0 bridgehead atoms. The Balaban J connectivity index is 2.27. The first-order valence-corrected chi connectivity index (χ1v) is 10.1. The summed E-state index contributed by atoms with van der Waals surface area (Å²) in [5.74, 6) is -1.52. The second-order valence-electron chi connectivity index (χ2n) is 7.10. The van der Waals surface area contributed by atoms with Gasteiger partial charge in [-0.25, -0.2) is 8.42 Å². The van der Waals surface area contributed by atoms with Crippen LogP contribution < -0.4 is 5.11 Å². The lowest BCUT2D eigenvalue weighted by molar-refractivity contribution is -0.311. The molecule has 0 radical (unpaired) electrons. The van der Waals surface area contributed by atoms with Crippen molar-refractivity contribution < 1.29 is 18.3 Å². The fraction of sp³-hybridized carbons (Fsp3) is 0.500. The fourth-order valence-electron chi connectivity index (χ4n) is 3.71. The average molecular weight is 348 g/mol. The molecule has 3 rings (SSSR count). The molecule has 130 valence electrons. The maximum Gasteiger partial charge on any atom is 0.175 e. The first kappa shape index (κ1) is 17.0. The summed E-state index contributed by atoms with van der Waals surface area (Å²) in [6, 6.07) is 5.50. The van der Waals surface area contributed by atoms with Crippen LogP contribution in [-0.2, 0) is 21.2 Å². The van der Waals surface area contributed by atoms with Gasteiger partial charge in [0.05, 0.1) is 4.90 Å². The van der Waals surface area contributed by atoms with E-state index >= 15 is 0 Å². The van der Waals surface area contributed by atoms with Gasteiger partial charge in [-0.2, -0.15) is 0 Å². The molecule has 5 nitrogen and oxygen atoms in total. The van der Waals surface area contributed by atoms with Gasteiger partial charge in [-0.05, 0) is 36.1 Å². The van der Waals surface area contributed by atoms with Gasteiger partial charge in [0.25, 0.3) is 0 Å². The van der Waals surface area contributed by atoms with Crippen LogP contribution in [0.1, 0.15) is 50.3 Å². The molecule has 0 spiro atoms. The van der Waals surface area contributed by atoms with Crippen molar-refractivity contribution in [3.8, 4) is 0 Å². The van der Waals surface area contributed by atoms with Gasteiger partial charge in [0.1, 0.15) is 0 Å². The highest BCUT2D eigenvalue weighted by Crippen LogP contribution is 2.41. The molecule has 0 amide bonds. The van der Waals surface area contributed by atoms with E-state index in [1.165, 1.54) is 6.26 Å². The summed E-state index contributed by atoms with van der Waals surface area (Å²) in [6.07, 6.45) is 1.95. The van der Waals surface area contributed by atoms with Crippen LogP contribution in [0.5, 0.6) is 0 Å². The molecule has 1 aromatic carbocycles. The normalized spacial score (nSPS) is 19.0. The maximum absolute atomic E-state index is 12.0. The van der Waals surface area contributed by atoms with Gasteiger partial charge < -0.3 is 14.5 Å². The topological polar surface area (TPSA) is 79.2 Å². The number of sulfone groups is 1. The van der Waals surface area contributed by atoms with E-state index in [-0.39, 0.29) is 11.8 Å². The second-order valence-corrected chi connectivity index (χ2v) is 9.11. The molecule has 0 fully saturated rings. The fourth-order valence-corrected chi connectivity index (χ4v) is 4.38. The van der Waals surface area contributed by atoms with Gasteiger partial charge in [-0.3, -0.25) is 0 Å². The number of fused-ring (bicyclic) bond motifs is 3. The van der Waals surface area contributed by atoms with Gasteiger partial charge in [0.15, 0.2) is 9.84 Å². The molecule has 2 aromatic rings. The zero-order chi connectivity index (χ0) is 17.8. The number of carboxylic acid groups (broad SMARTS) is 1. The zero-order valence-electron chi connectivity index (χ0n) is 14.4. The van der Waals surface area contributed by atoms with Crippen molar-refractivity contribution in [1.29, 1.82) is 0 Å². The Morgan fingerprint density at radius 2 is 1.92 bits per heavy atom. The molecule has 2 atom stereocenters. The van der Waals surface area contributed by atoms with E-state index < -0.39 is 21.7 Å². The number of carbonyl (C=O) groups excluding carboxylic acids is 1. The minimum Gasteiger partial charge on any atom is -0.550 e. The molecule has 1 aliphatic rings. The summed E-state index contributed by atoms with van der Waals surface area (Å²) in [4.78, 5) is 11.6. The van der Waals surface area contributed by atoms with E-state index in [0.29, 0.717) is 11.4 Å². The van der Waals surface area contributed by atoms with Crippen LogP contribution in [0.4, 0.5) is 0 Å². The highest BCUT2D eigenvalue weighted by molar-refractivity contribution is 7.90. The number of carboxylic acids is 1. The molecule has 2 heterocycles. The van der Waals surface area contributed by atoms with Crippen LogP contribution >= 0.6 is 0 Å². The number of rotatable bonds is 4. The quantitative estimate of drug-likeness (QED) is 0.847. The number of aromatic nitrogens is 1. The number of hydrogen-bond acceptors (Lipinski definition) is 4. The summed E-state index contributed by atoms with van der Waals surface area (Å²) in [7, 11) is -3.31. The van der Waals surface area contributed by atoms with Crippen molar-refractivity contribution in [1.82, 2.24) is 4.57 Å². The molecule has 2 unspecified atom stereocenters. The van der Waals surface area contributed by atoms with Crippen LogP contribution in [0.2, 0.25) is 0 Å². The number of aliphatic carboxylic acids is 1. The number of nitrogens with zero attached hydrogens (tertiary/aromatic N) is 1. The Morgan fingerprint density at radius 3 is 2.46 bits per heavy atom. The lowest BCUT2D eigenvalue weighted by Gasteiger charge is -2.19. The SMILES string of the molecule is CC(C)c1cc(S(C)(=O)=O)cc2c1cc1n2CCC1C(C)C(=O)[O-]. The average Bonchev–Trinajstić information content (AvgIpc) is 3.02. The lowest BCUT2D eigenvalue weighted by Crippen LogP contribution is -2.32. The largest absolute Gasteiger partial charge is 0.550 e. The molecule has 1 aromatic heterocycles. The molecule has 0 saturated heterocycles. The second kappa shape index (κ2) is 5.62.